The van der Waals surface area contributed by atoms with E-state index in [0.717, 1.165) is 17.5 Å². The molecule has 0 unspecified atom stereocenters. The highest BCUT2D eigenvalue weighted by Gasteiger charge is 2.33. The van der Waals surface area contributed by atoms with E-state index < -0.39 is 12.7 Å². The molecular weight excluding hydrogens is 221 g/mol. The van der Waals surface area contributed by atoms with E-state index in [2.05, 4.69) is 5.10 Å². The largest absolute Gasteiger partial charge is 0.408 e. The summed E-state index contributed by atoms with van der Waals surface area (Å²) in [6.45, 7) is 0.0508. The number of rotatable bonds is 3. The molecule has 0 bridgehead atoms. The van der Waals surface area contributed by atoms with Crippen molar-refractivity contribution in [2.24, 2.45) is 0 Å². The molecule has 0 spiro atoms. The maximum absolute atomic E-state index is 12.2. The van der Waals surface area contributed by atoms with Gasteiger partial charge in [0.1, 0.15) is 12.2 Å². The van der Waals surface area contributed by atoms with Gasteiger partial charge in [-0.1, -0.05) is 0 Å². The van der Waals surface area contributed by atoms with Crippen molar-refractivity contribution in [3.8, 4) is 0 Å². The number of hydrogen-bond donors (Lipinski definition) is 0. The molecule has 1 aromatic rings. The monoisotopic (exact) mass is 232 g/mol. The van der Waals surface area contributed by atoms with E-state index in [9.17, 15) is 18.0 Å². The molecular formula is C10H11F3N2O. The van der Waals surface area contributed by atoms with Gasteiger partial charge < -0.3 is 0 Å². The van der Waals surface area contributed by atoms with Crippen LogP contribution in [-0.4, -0.2) is 21.7 Å². The van der Waals surface area contributed by atoms with E-state index in [1.165, 1.54) is 13.0 Å². The molecule has 0 amide bonds. The highest BCUT2D eigenvalue weighted by atomic mass is 19.4. The van der Waals surface area contributed by atoms with Gasteiger partial charge in [0.15, 0.2) is 5.78 Å². The van der Waals surface area contributed by atoms with E-state index in [0.29, 0.717) is 5.69 Å². The lowest BCUT2D eigenvalue weighted by Gasteiger charge is -2.08. The van der Waals surface area contributed by atoms with Crippen LogP contribution in [0, 0.1) is 0 Å². The van der Waals surface area contributed by atoms with Crippen LogP contribution in [0.4, 0.5) is 13.2 Å². The number of nitrogens with zero attached hydrogens (tertiary/aromatic N) is 2. The minimum absolute atomic E-state index is 0.0409. The smallest absolute Gasteiger partial charge is 0.293 e. The van der Waals surface area contributed by atoms with E-state index in [4.69, 9.17) is 0 Å². The van der Waals surface area contributed by atoms with E-state index in [1.807, 2.05) is 0 Å². The summed E-state index contributed by atoms with van der Waals surface area (Å²) in [5, 5.41) is 3.85. The molecule has 6 heteroatoms. The normalized spacial score (nSPS) is 16.5. The quantitative estimate of drug-likeness (QED) is 0.750. The third-order valence-corrected chi connectivity index (χ3v) is 2.48. The maximum atomic E-state index is 12.2. The summed E-state index contributed by atoms with van der Waals surface area (Å²) in [7, 11) is 0. The standard InChI is InChI=1S/C10H11F3N2O/c1-6(16)9-4-8(7-2-3-7)14-15(9)5-10(11,12)13/h4,7H,2-3,5H2,1H3. The molecule has 1 aromatic heterocycles. The van der Waals surface area contributed by atoms with Crippen molar-refractivity contribution in [2.45, 2.75) is 38.4 Å². The van der Waals surface area contributed by atoms with Crippen molar-refractivity contribution in [2.75, 3.05) is 0 Å². The van der Waals surface area contributed by atoms with E-state index >= 15 is 0 Å². The summed E-state index contributed by atoms with van der Waals surface area (Å²) in [4.78, 5) is 11.2. The highest BCUT2D eigenvalue weighted by Crippen LogP contribution is 2.39. The second-order valence-corrected chi connectivity index (χ2v) is 4.06. The average Bonchev–Trinajstić information content (AvgIpc) is 2.86. The number of aromatic nitrogens is 2. The summed E-state index contributed by atoms with van der Waals surface area (Å²) in [6.07, 6.45) is -2.46. The lowest BCUT2D eigenvalue weighted by molar-refractivity contribution is -0.142. The molecule has 2 rings (SSSR count). The Morgan fingerprint density at radius 3 is 2.62 bits per heavy atom. The molecule has 1 fully saturated rings. The Bertz CT molecular complexity index is 418. The molecule has 1 saturated carbocycles. The Labute approximate surface area is 90.2 Å². The number of alkyl halides is 3. The maximum Gasteiger partial charge on any atom is 0.408 e. The lowest BCUT2D eigenvalue weighted by Crippen LogP contribution is -2.21. The number of carbonyl (C=O) groups is 1. The van der Waals surface area contributed by atoms with Gasteiger partial charge in [0.05, 0.1) is 5.69 Å². The van der Waals surface area contributed by atoms with Crippen LogP contribution in [-0.2, 0) is 6.54 Å². The summed E-state index contributed by atoms with van der Waals surface area (Å²) >= 11 is 0. The van der Waals surface area contributed by atoms with Crippen molar-refractivity contribution in [1.82, 2.24) is 9.78 Å². The second kappa shape index (κ2) is 3.61. The third-order valence-electron chi connectivity index (χ3n) is 2.48. The predicted octanol–water partition coefficient (Wildman–Crippen LogP) is 2.53. The zero-order valence-corrected chi connectivity index (χ0v) is 8.71. The minimum atomic E-state index is -4.35. The number of carbonyl (C=O) groups excluding carboxylic acids is 1. The molecule has 88 valence electrons. The first-order valence-electron chi connectivity index (χ1n) is 5.02. The molecule has 0 aromatic carbocycles. The van der Waals surface area contributed by atoms with Gasteiger partial charge in [0.2, 0.25) is 0 Å². The molecule has 0 atom stereocenters. The van der Waals surface area contributed by atoms with Crippen LogP contribution in [0.15, 0.2) is 6.07 Å². The van der Waals surface area contributed by atoms with Gasteiger partial charge in [-0.3, -0.25) is 9.48 Å². The van der Waals surface area contributed by atoms with Gasteiger partial charge in [0, 0.05) is 12.8 Å². The Morgan fingerprint density at radius 1 is 1.56 bits per heavy atom. The summed E-state index contributed by atoms with van der Waals surface area (Å²) in [5.41, 5.74) is 0.647. The molecule has 3 nitrogen and oxygen atoms in total. The molecule has 0 aliphatic heterocycles. The van der Waals surface area contributed by atoms with Crippen LogP contribution in [0.2, 0.25) is 0 Å². The minimum Gasteiger partial charge on any atom is -0.293 e. The van der Waals surface area contributed by atoms with Crippen LogP contribution in [0.5, 0.6) is 0 Å². The van der Waals surface area contributed by atoms with Crippen LogP contribution in [0.3, 0.4) is 0 Å². The van der Waals surface area contributed by atoms with Gasteiger partial charge >= 0.3 is 6.18 Å². The Balaban J connectivity index is 2.30. The SMILES string of the molecule is CC(=O)c1cc(C2CC2)nn1CC(F)(F)F. The zero-order chi connectivity index (χ0) is 11.9. The van der Waals surface area contributed by atoms with Crippen LogP contribution < -0.4 is 0 Å². The highest BCUT2D eigenvalue weighted by molar-refractivity contribution is 5.92. The molecule has 1 aliphatic carbocycles. The number of hydrogen-bond acceptors (Lipinski definition) is 2. The van der Waals surface area contributed by atoms with Gasteiger partial charge in [0.25, 0.3) is 0 Å². The first-order chi connectivity index (χ1) is 7.37. The Kier molecular flexibility index (Phi) is 2.52. The van der Waals surface area contributed by atoms with Crippen molar-refractivity contribution in [1.29, 1.82) is 0 Å². The van der Waals surface area contributed by atoms with Gasteiger partial charge in [-0.25, -0.2) is 0 Å². The van der Waals surface area contributed by atoms with Crippen LogP contribution in [0.1, 0.15) is 41.9 Å². The van der Waals surface area contributed by atoms with Gasteiger partial charge in [-0.15, -0.1) is 0 Å². The fourth-order valence-corrected chi connectivity index (χ4v) is 1.59. The molecule has 1 aliphatic rings. The molecule has 16 heavy (non-hydrogen) atoms. The number of ketones is 1. The van der Waals surface area contributed by atoms with E-state index in [-0.39, 0.29) is 17.4 Å². The Morgan fingerprint density at radius 2 is 2.19 bits per heavy atom. The summed E-state index contributed by atoms with van der Waals surface area (Å²) in [6, 6.07) is 1.48. The molecule has 0 radical (unpaired) electrons. The molecule has 0 saturated heterocycles. The predicted molar refractivity (Wildman–Crippen MR) is 50.3 cm³/mol. The summed E-state index contributed by atoms with van der Waals surface area (Å²) in [5.74, 6) is -0.142. The second-order valence-electron chi connectivity index (χ2n) is 4.06. The fraction of sp³-hybridized carbons (Fsp3) is 0.600. The molecule has 0 N–H and O–H groups in total. The van der Waals surface area contributed by atoms with E-state index in [1.54, 1.807) is 0 Å². The van der Waals surface area contributed by atoms with Crippen molar-refractivity contribution in [3.05, 3.63) is 17.5 Å². The van der Waals surface area contributed by atoms with Crippen molar-refractivity contribution in [3.63, 3.8) is 0 Å². The first-order valence-corrected chi connectivity index (χ1v) is 5.02. The van der Waals surface area contributed by atoms with Crippen molar-refractivity contribution < 1.29 is 18.0 Å². The third kappa shape index (κ3) is 2.43. The number of Topliss-reactive ketones (excluding diaryl/α,β-unsaturated/α-hetero) is 1. The lowest BCUT2D eigenvalue weighted by atomic mass is 10.2. The number of halogens is 3. The fourth-order valence-electron chi connectivity index (χ4n) is 1.59. The first kappa shape index (κ1) is 11.2. The molecule has 1 heterocycles. The van der Waals surface area contributed by atoms with Gasteiger partial charge in [-0.05, 0) is 18.9 Å². The topological polar surface area (TPSA) is 34.9 Å². The average molecular weight is 232 g/mol. The summed E-state index contributed by atoms with van der Waals surface area (Å²) < 4.78 is 37.5. The van der Waals surface area contributed by atoms with Crippen LogP contribution in [0.25, 0.3) is 0 Å². The Hall–Kier alpha value is -1.33. The zero-order valence-electron chi connectivity index (χ0n) is 8.71. The van der Waals surface area contributed by atoms with Gasteiger partial charge in [-0.2, -0.15) is 18.3 Å². The van der Waals surface area contributed by atoms with Crippen LogP contribution >= 0.6 is 0 Å². The van der Waals surface area contributed by atoms with Crippen molar-refractivity contribution >= 4 is 5.78 Å².